The van der Waals surface area contributed by atoms with Crippen LogP contribution in [0.2, 0.25) is 0 Å². The summed E-state index contributed by atoms with van der Waals surface area (Å²) in [6, 6.07) is 6.43. The van der Waals surface area contributed by atoms with Crippen LogP contribution in [-0.2, 0) is 10.0 Å². The molecule has 8 heteroatoms. The third kappa shape index (κ3) is 5.00. The Morgan fingerprint density at radius 3 is 2.41 bits per heavy atom. The Morgan fingerprint density at radius 1 is 1.07 bits per heavy atom. The lowest BCUT2D eigenvalue weighted by molar-refractivity contribution is 0.244. The summed E-state index contributed by atoms with van der Waals surface area (Å²) in [5, 5.41) is 5.71. The van der Waals surface area contributed by atoms with Crippen LogP contribution in [-0.4, -0.2) is 44.4 Å². The number of nitrogens with zero attached hydrogens (tertiary/aromatic N) is 1. The lowest BCUT2D eigenvalue weighted by atomic mass is 9.96. The molecule has 2 amide bonds. The fourth-order valence-electron chi connectivity index (χ4n) is 3.91. The van der Waals surface area contributed by atoms with E-state index in [1.54, 1.807) is 24.3 Å². The van der Waals surface area contributed by atoms with E-state index < -0.39 is 10.0 Å². The van der Waals surface area contributed by atoms with Crippen LogP contribution in [0.15, 0.2) is 29.2 Å². The average molecular weight is 395 g/mol. The van der Waals surface area contributed by atoms with Crippen molar-refractivity contribution in [2.75, 3.05) is 25.0 Å². The van der Waals surface area contributed by atoms with Gasteiger partial charge in [-0.3, -0.25) is 0 Å². The lowest BCUT2D eigenvalue weighted by Gasteiger charge is -2.31. The van der Waals surface area contributed by atoms with Crippen molar-refractivity contribution in [3.05, 3.63) is 24.3 Å². The van der Waals surface area contributed by atoms with Crippen molar-refractivity contribution in [2.45, 2.75) is 55.9 Å². The Balaban J connectivity index is 1.70. The van der Waals surface area contributed by atoms with Crippen molar-refractivity contribution in [3.63, 3.8) is 0 Å². The number of sulfonamides is 1. The third-order valence-electron chi connectivity index (χ3n) is 5.60. The van der Waals surface area contributed by atoms with Gasteiger partial charge in [0.2, 0.25) is 10.0 Å². The molecule has 1 saturated heterocycles. The normalized spacial score (nSPS) is 20.3. The molecule has 0 spiro atoms. The summed E-state index contributed by atoms with van der Waals surface area (Å²) in [6.07, 6.45) is 6.94. The average Bonchev–Trinajstić information content (AvgIpc) is 2.69. The summed E-state index contributed by atoms with van der Waals surface area (Å²) in [6.45, 7) is 1.52. The highest BCUT2D eigenvalue weighted by atomic mass is 32.2. The maximum Gasteiger partial charge on any atom is 0.319 e. The fourth-order valence-corrected chi connectivity index (χ4v) is 5.53. The van der Waals surface area contributed by atoms with Crippen LogP contribution in [0.1, 0.15) is 44.9 Å². The first kappa shape index (κ1) is 20.1. The Labute approximate surface area is 161 Å². The molecule has 150 valence electrons. The summed E-state index contributed by atoms with van der Waals surface area (Å²) in [5.74, 6) is 0.381. The second-order valence-electron chi connectivity index (χ2n) is 7.51. The first-order valence-electron chi connectivity index (χ1n) is 9.87. The van der Waals surface area contributed by atoms with Crippen LogP contribution in [0.5, 0.6) is 0 Å². The van der Waals surface area contributed by atoms with Crippen LogP contribution >= 0.6 is 0 Å². The molecule has 1 saturated carbocycles. The van der Waals surface area contributed by atoms with Crippen molar-refractivity contribution < 1.29 is 13.2 Å². The third-order valence-corrected chi connectivity index (χ3v) is 7.56. The van der Waals surface area contributed by atoms with E-state index in [0.717, 1.165) is 38.5 Å². The number of hydrogen-bond acceptors (Lipinski definition) is 4. The Hall–Kier alpha value is -1.64. The van der Waals surface area contributed by atoms with Gasteiger partial charge in [0.25, 0.3) is 0 Å². The molecule has 2 aliphatic rings. The van der Waals surface area contributed by atoms with E-state index in [9.17, 15) is 13.2 Å². The number of benzene rings is 1. The van der Waals surface area contributed by atoms with Gasteiger partial charge in [-0.25, -0.2) is 13.2 Å². The number of para-hydroxylation sites is 1. The van der Waals surface area contributed by atoms with Crippen LogP contribution in [0.4, 0.5) is 10.5 Å². The van der Waals surface area contributed by atoms with Crippen LogP contribution in [0, 0.1) is 5.92 Å². The molecule has 2 fully saturated rings. The van der Waals surface area contributed by atoms with Crippen LogP contribution in [0.25, 0.3) is 0 Å². The summed E-state index contributed by atoms with van der Waals surface area (Å²) < 4.78 is 27.7. The highest BCUT2D eigenvalue weighted by molar-refractivity contribution is 7.89. The summed E-state index contributed by atoms with van der Waals surface area (Å²) in [5.41, 5.74) is 6.03. The highest BCUT2D eigenvalue weighted by Crippen LogP contribution is 2.28. The van der Waals surface area contributed by atoms with Gasteiger partial charge in [-0.15, -0.1) is 0 Å². The number of piperidine rings is 1. The topological polar surface area (TPSA) is 105 Å². The molecule has 27 heavy (non-hydrogen) atoms. The number of urea groups is 1. The van der Waals surface area contributed by atoms with Crippen molar-refractivity contribution in [1.82, 2.24) is 9.62 Å². The van der Waals surface area contributed by atoms with E-state index >= 15 is 0 Å². The molecular weight excluding hydrogens is 364 g/mol. The van der Waals surface area contributed by atoms with Gasteiger partial charge in [0.05, 0.1) is 5.69 Å². The molecule has 0 radical (unpaired) electrons. The molecule has 7 nitrogen and oxygen atoms in total. The van der Waals surface area contributed by atoms with Crippen molar-refractivity contribution >= 4 is 21.7 Å². The first-order chi connectivity index (χ1) is 13.0. The SMILES string of the molecule is NCC1CCN(S(=O)(=O)c2ccccc2NC(=O)NC2CCCCC2)CC1. The molecule has 1 aliphatic heterocycles. The van der Waals surface area contributed by atoms with Gasteiger partial charge < -0.3 is 16.4 Å². The minimum atomic E-state index is -3.65. The molecule has 1 aromatic carbocycles. The molecule has 0 aromatic heterocycles. The van der Waals surface area contributed by atoms with Gasteiger partial charge in [-0.2, -0.15) is 4.31 Å². The molecule has 4 N–H and O–H groups in total. The molecule has 3 rings (SSSR count). The van der Waals surface area contributed by atoms with E-state index in [1.165, 1.54) is 10.7 Å². The standard InChI is InChI=1S/C19H30N4O3S/c20-14-15-10-12-23(13-11-15)27(25,26)18-9-5-4-8-17(18)22-19(24)21-16-6-2-1-3-7-16/h4-5,8-9,15-16H,1-3,6-7,10-14,20H2,(H2,21,22,24). The fraction of sp³-hybridized carbons (Fsp3) is 0.632. The second kappa shape index (κ2) is 9.03. The van der Waals surface area contributed by atoms with Crippen molar-refractivity contribution in [3.8, 4) is 0 Å². The number of amides is 2. The number of anilines is 1. The molecule has 0 atom stereocenters. The molecule has 0 bridgehead atoms. The number of rotatable bonds is 5. The van der Waals surface area contributed by atoms with Crippen molar-refractivity contribution in [1.29, 1.82) is 0 Å². The number of carbonyl (C=O) groups excluding carboxylic acids is 1. The van der Waals surface area contributed by atoms with E-state index in [0.29, 0.717) is 31.2 Å². The zero-order chi connectivity index (χ0) is 19.3. The zero-order valence-electron chi connectivity index (χ0n) is 15.7. The minimum absolute atomic E-state index is 0.148. The number of nitrogens with one attached hydrogen (secondary N) is 2. The summed E-state index contributed by atoms with van der Waals surface area (Å²) in [7, 11) is -3.65. The molecule has 0 unspecified atom stereocenters. The molecule has 1 heterocycles. The highest BCUT2D eigenvalue weighted by Gasteiger charge is 2.31. The monoisotopic (exact) mass is 394 g/mol. The van der Waals surface area contributed by atoms with Crippen molar-refractivity contribution in [2.24, 2.45) is 11.7 Å². The van der Waals surface area contributed by atoms with Crippen LogP contribution in [0.3, 0.4) is 0 Å². The number of nitrogens with two attached hydrogens (primary N) is 1. The van der Waals surface area contributed by atoms with Gasteiger partial charge >= 0.3 is 6.03 Å². The zero-order valence-corrected chi connectivity index (χ0v) is 16.5. The second-order valence-corrected chi connectivity index (χ2v) is 9.42. The van der Waals surface area contributed by atoms with Gasteiger partial charge in [-0.05, 0) is 50.3 Å². The predicted molar refractivity (Wildman–Crippen MR) is 106 cm³/mol. The summed E-state index contributed by atoms with van der Waals surface area (Å²) >= 11 is 0. The van der Waals surface area contributed by atoms with E-state index in [-0.39, 0.29) is 17.0 Å². The smallest absolute Gasteiger partial charge is 0.319 e. The quantitative estimate of drug-likeness (QED) is 0.713. The Kier molecular flexibility index (Phi) is 6.73. The van der Waals surface area contributed by atoms with E-state index in [2.05, 4.69) is 10.6 Å². The number of carbonyl (C=O) groups is 1. The Morgan fingerprint density at radius 2 is 1.74 bits per heavy atom. The molecule has 1 aromatic rings. The van der Waals surface area contributed by atoms with Gasteiger partial charge in [0.1, 0.15) is 4.90 Å². The van der Waals surface area contributed by atoms with E-state index in [4.69, 9.17) is 5.73 Å². The molecular formula is C19H30N4O3S. The first-order valence-corrected chi connectivity index (χ1v) is 11.3. The van der Waals surface area contributed by atoms with Gasteiger partial charge in [0.15, 0.2) is 0 Å². The predicted octanol–water partition coefficient (Wildman–Crippen LogP) is 2.50. The van der Waals surface area contributed by atoms with E-state index in [1.807, 2.05) is 0 Å². The molecule has 1 aliphatic carbocycles. The largest absolute Gasteiger partial charge is 0.335 e. The summed E-state index contributed by atoms with van der Waals surface area (Å²) in [4.78, 5) is 12.5. The maximum atomic E-state index is 13.1. The van der Waals surface area contributed by atoms with Crippen LogP contribution < -0.4 is 16.4 Å². The van der Waals surface area contributed by atoms with Gasteiger partial charge in [0, 0.05) is 19.1 Å². The lowest BCUT2D eigenvalue weighted by Crippen LogP contribution is -2.41. The maximum absolute atomic E-state index is 13.1. The Bertz CT molecular complexity index is 739. The van der Waals surface area contributed by atoms with Gasteiger partial charge in [-0.1, -0.05) is 31.4 Å². The number of hydrogen-bond donors (Lipinski definition) is 3. The minimum Gasteiger partial charge on any atom is -0.335 e.